The molecule has 0 bridgehead atoms. The number of piperidine rings is 1. The Kier molecular flexibility index (Phi) is 6.62. The zero-order chi connectivity index (χ0) is 21.4. The lowest BCUT2D eigenvalue weighted by atomic mass is 9.84. The predicted octanol–water partition coefficient (Wildman–Crippen LogP) is 1.20. The molecule has 1 N–H and O–H groups in total. The van der Waals surface area contributed by atoms with Crippen LogP contribution in [0.3, 0.4) is 0 Å². The van der Waals surface area contributed by atoms with Crippen molar-refractivity contribution in [2.75, 3.05) is 33.2 Å². The molecule has 6 heteroatoms. The zero-order valence-corrected chi connectivity index (χ0v) is 20.5. The van der Waals surface area contributed by atoms with Gasteiger partial charge in [0.25, 0.3) is 5.91 Å². The number of amides is 1. The van der Waals surface area contributed by atoms with E-state index in [0.29, 0.717) is 23.4 Å². The SMILES string of the molecule is C[N+]1(CCCNC(=O)c2cnc3c4c(cccc24)-c2ccccc2C3=O)CCCCC1.[I-]. The van der Waals surface area contributed by atoms with Crippen LogP contribution in [0.2, 0.25) is 0 Å². The lowest BCUT2D eigenvalue weighted by Gasteiger charge is -2.37. The second-order valence-corrected chi connectivity index (χ2v) is 9.08. The third-order valence-corrected chi connectivity index (χ3v) is 6.89. The molecule has 32 heavy (non-hydrogen) atoms. The van der Waals surface area contributed by atoms with Gasteiger partial charge in [0.2, 0.25) is 5.78 Å². The normalized spacial score (nSPS) is 16.2. The summed E-state index contributed by atoms with van der Waals surface area (Å²) in [6, 6.07) is 13.5. The number of likely N-dealkylation sites (tertiary alicyclic amines) is 1. The van der Waals surface area contributed by atoms with Crippen molar-refractivity contribution in [1.29, 1.82) is 0 Å². The molecular formula is C26H28IN3O2. The highest BCUT2D eigenvalue weighted by atomic mass is 127. The van der Waals surface area contributed by atoms with E-state index in [9.17, 15) is 9.59 Å². The van der Waals surface area contributed by atoms with Crippen molar-refractivity contribution >= 4 is 22.5 Å². The average molecular weight is 541 g/mol. The molecule has 0 radical (unpaired) electrons. The van der Waals surface area contributed by atoms with E-state index in [1.165, 1.54) is 32.4 Å². The lowest BCUT2D eigenvalue weighted by molar-refractivity contribution is -0.914. The molecule has 2 heterocycles. The molecule has 0 unspecified atom stereocenters. The number of fused-ring (bicyclic) bond motifs is 2. The lowest BCUT2D eigenvalue weighted by Crippen LogP contribution is -3.00. The van der Waals surface area contributed by atoms with Crippen molar-refractivity contribution in [3.05, 3.63) is 65.5 Å². The predicted molar refractivity (Wildman–Crippen MR) is 122 cm³/mol. The quantitative estimate of drug-likeness (QED) is 0.235. The van der Waals surface area contributed by atoms with E-state index in [4.69, 9.17) is 0 Å². The average Bonchev–Trinajstić information content (AvgIpc) is 2.80. The minimum absolute atomic E-state index is 0. The van der Waals surface area contributed by atoms with E-state index in [2.05, 4.69) is 17.3 Å². The Balaban J connectivity index is 0.00000245. The molecule has 0 saturated carbocycles. The molecule has 2 aromatic carbocycles. The molecule has 3 aromatic rings. The molecule has 5 nitrogen and oxygen atoms in total. The number of carbonyl (C=O) groups is 2. The van der Waals surface area contributed by atoms with E-state index < -0.39 is 0 Å². The Hall–Kier alpha value is -2.32. The van der Waals surface area contributed by atoms with Crippen LogP contribution < -0.4 is 29.3 Å². The highest BCUT2D eigenvalue weighted by Crippen LogP contribution is 2.39. The molecule has 1 aliphatic carbocycles. The van der Waals surface area contributed by atoms with Gasteiger partial charge in [0.15, 0.2) is 0 Å². The monoisotopic (exact) mass is 541 g/mol. The number of benzene rings is 2. The molecule has 1 saturated heterocycles. The van der Waals surface area contributed by atoms with Gasteiger partial charge in [-0.1, -0.05) is 42.5 Å². The Morgan fingerprint density at radius 3 is 2.50 bits per heavy atom. The number of nitrogens with one attached hydrogen (secondary N) is 1. The van der Waals surface area contributed by atoms with E-state index in [0.717, 1.165) is 39.3 Å². The van der Waals surface area contributed by atoms with Crippen LogP contribution in [0.4, 0.5) is 0 Å². The second kappa shape index (κ2) is 9.27. The third-order valence-electron chi connectivity index (χ3n) is 6.89. The van der Waals surface area contributed by atoms with Gasteiger partial charge >= 0.3 is 0 Å². The summed E-state index contributed by atoms with van der Waals surface area (Å²) in [7, 11) is 2.33. The van der Waals surface area contributed by atoms with Gasteiger partial charge in [0.1, 0.15) is 5.69 Å². The Morgan fingerprint density at radius 1 is 1.00 bits per heavy atom. The number of hydrogen-bond donors (Lipinski definition) is 1. The minimum Gasteiger partial charge on any atom is -1.00 e. The number of pyridine rings is 1. The molecule has 1 aliphatic heterocycles. The highest BCUT2D eigenvalue weighted by molar-refractivity contribution is 6.26. The van der Waals surface area contributed by atoms with Crippen LogP contribution in [0, 0.1) is 0 Å². The molecule has 0 atom stereocenters. The molecule has 166 valence electrons. The van der Waals surface area contributed by atoms with Crippen LogP contribution in [0.25, 0.3) is 21.9 Å². The van der Waals surface area contributed by atoms with Crippen LogP contribution in [-0.4, -0.2) is 54.4 Å². The van der Waals surface area contributed by atoms with Gasteiger partial charge < -0.3 is 33.8 Å². The van der Waals surface area contributed by atoms with Crippen LogP contribution in [-0.2, 0) is 0 Å². The Labute approximate surface area is 205 Å². The summed E-state index contributed by atoms with van der Waals surface area (Å²) >= 11 is 0. The van der Waals surface area contributed by atoms with Crippen LogP contribution in [0.1, 0.15) is 52.1 Å². The van der Waals surface area contributed by atoms with Gasteiger partial charge in [-0.25, -0.2) is 0 Å². The second-order valence-electron chi connectivity index (χ2n) is 9.08. The zero-order valence-electron chi connectivity index (χ0n) is 18.4. The first kappa shape index (κ1) is 22.9. The number of rotatable bonds is 5. The van der Waals surface area contributed by atoms with E-state index in [-0.39, 0.29) is 35.7 Å². The summed E-state index contributed by atoms with van der Waals surface area (Å²) in [6.45, 7) is 4.22. The summed E-state index contributed by atoms with van der Waals surface area (Å²) in [5.41, 5.74) is 3.51. The largest absolute Gasteiger partial charge is 1.00 e. The summed E-state index contributed by atoms with van der Waals surface area (Å²) in [5, 5.41) is 4.65. The number of carbonyl (C=O) groups excluding carboxylic acids is 2. The number of hydrogen-bond acceptors (Lipinski definition) is 3. The highest BCUT2D eigenvalue weighted by Gasteiger charge is 2.28. The van der Waals surface area contributed by atoms with E-state index >= 15 is 0 Å². The number of nitrogens with zero attached hydrogens (tertiary/aromatic N) is 2. The van der Waals surface area contributed by atoms with Crippen LogP contribution in [0.15, 0.2) is 48.7 Å². The molecular weight excluding hydrogens is 513 g/mol. The Morgan fingerprint density at radius 2 is 1.72 bits per heavy atom. The number of quaternary nitrogens is 1. The van der Waals surface area contributed by atoms with Crippen LogP contribution >= 0.6 is 0 Å². The van der Waals surface area contributed by atoms with Crippen molar-refractivity contribution in [3.8, 4) is 11.1 Å². The van der Waals surface area contributed by atoms with E-state index in [1.807, 2.05) is 42.5 Å². The maximum Gasteiger partial charge on any atom is 0.253 e. The molecule has 1 fully saturated rings. The number of halogens is 1. The molecule has 1 amide bonds. The van der Waals surface area contributed by atoms with Gasteiger partial charge in [-0.2, -0.15) is 0 Å². The van der Waals surface area contributed by atoms with Gasteiger partial charge in [-0.05, 0) is 35.8 Å². The maximum atomic E-state index is 13.0. The fourth-order valence-electron chi connectivity index (χ4n) is 5.17. The molecule has 1 aromatic heterocycles. The van der Waals surface area contributed by atoms with Crippen molar-refractivity contribution in [1.82, 2.24) is 10.3 Å². The van der Waals surface area contributed by atoms with Crippen molar-refractivity contribution in [2.45, 2.75) is 25.7 Å². The van der Waals surface area contributed by atoms with Crippen molar-refractivity contribution in [3.63, 3.8) is 0 Å². The van der Waals surface area contributed by atoms with Gasteiger partial charge in [-0.3, -0.25) is 14.6 Å². The van der Waals surface area contributed by atoms with E-state index in [1.54, 1.807) is 6.20 Å². The molecule has 0 spiro atoms. The first-order valence-corrected chi connectivity index (χ1v) is 11.2. The molecule has 5 rings (SSSR count). The summed E-state index contributed by atoms with van der Waals surface area (Å²) in [5.74, 6) is -0.200. The summed E-state index contributed by atoms with van der Waals surface area (Å²) in [4.78, 5) is 30.4. The fourth-order valence-corrected chi connectivity index (χ4v) is 5.17. The standard InChI is InChI=1S/C26H27N3O2.HI/c1-29(14-5-2-6-15-29)16-8-13-27-26(31)22-17-28-24-23-19(11-7-12-20(22)23)18-9-3-4-10-21(18)25(24)30;/h3-4,7,9-12,17H,2,5-6,8,13-16H2,1H3;1H. The van der Waals surface area contributed by atoms with Gasteiger partial charge in [-0.15, -0.1) is 0 Å². The molecule has 2 aliphatic rings. The Bertz CT molecular complexity index is 1180. The first-order valence-electron chi connectivity index (χ1n) is 11.2. The van der Waals surface area contributed by atoms with Crippen molar-refractivity contribution < 1.29 is 38.0 Å². The summed E-state index contributed by atoms with van der Waals surface area (Å²) < 4.78 is 1.11. The van der Waals surface area contributed by atoms with Crippen molar-refractivity contribution in [2.24, 2.45) is 0 Å². The smallest absolute Gasteiger partial charge is 0.253 e. The maximum absolute atomic E-state index is 13.0. The number of aromatic nitrogens is 1. The third kappa shape index (κ3) is 4.06. The van der Waals surface area contributed by atoms with Crippen LogP contribution in [0.5, 0.6) is 0 Å². The summed E-state index contributed by atoms with van der Waals surface area (Å²) in [6.07, 6.45) is 6.47. The topological polar surface area (TPSA) is 59.1 Å². The fraction of sp³-hybridized carbons (Fsp3) is 0.346. The number of ketones is 1. The first-order chi connectivity index (χ1) is 15.1. The minimum atomic E-state index is -0.121. The van der Waals surface area contributed by atoms with Gasteiger partial charge in [0.05, 0.1) is 32.2 Å². The van der Waals surface area contributed by atoms with Gasteiger partial charge in [0, 0.05) is 30.1 Å².